The molecule has 150 valence electrons. The molecule has 0 spiro atoms. The van der Waals surface area contributed by atoms with E-state index in [9.17, 15) is 10.1 Å². The predicted molar refractivity (Wildman–Crippen MR) is 108 cm³/mol. The fourth-order valence-corrected chi connectivity index (χ4v) is 3.62. The van der Waals surface area contributed by atoms with Crippen LogP contribution in [0.2, 0.25) is 0 Å². The van der Waals surface area contributed by atoms with Crippen molar-refractivity contribution < 1.29 is 19.0 Å². The van der Waals surface area contributed by atoms with Gasteiger partial charge in [-0.15, -0.1) is 0 Å². The van der Waals surface area contributed by atoms with Crippen LogP contribution in [0.1, 0.15) is 42.0 Å². The number of hydrogen-bond donors (Lipinski definition) is 1. The van der Waals surface area contributed by atoms with E-state index in [0.717, 1.165) is 22.4 Å². The Labute approximate surface area is 169 Å². The number of allylic oxidation sites excluding steroid dienone is 1. The highest BCUT2D eigenvalue weighted by Crippen LogP contribution is 2.49. The summed E-state index contributed by atoms with van der Waals surface area (Å²) in [6, 6.07) is 7.27. The first-order valence-electron chi connectivity index (χ1n) is 9.23. The van der Waals surface area contributed by atoms with Crippen molar-refractivity contribution in [3.05, 3.63) is 57.9 Å². The van der Waals surface area contributed by atoms with Crippen LogP contribution in [0.25, 0.3) is 0 Å². The van der Waals surface area contributed by atoms with Crippen LogP contribution in [0.5, 0.6) is 11.6 Å². The molecular weight excluding hydrogens is 370 g/mol. The number of benzene rings is 1. The van der Waals surface area contributed by atoms with Crippen LogP contribution in [0, 0.1) is 18.3 Å². The van der Waals surface area contributed by atoms with E-state index < -0.39 is 11.9 Å². The molecule has 0 fully saturated rings. The van der Waals surface area contributed by atoms with E-state index in [4.69, 9.17) is 14.2 Å². The van der Waals surface area contributed by atoms with Gasteiger partial charge in [-0.25, -0.2) is 9.78 Å². The molecule has 1 aromatic heterocycles. The number of rotatable bonds is 5. The van der Waals surface area contributed by atoms with Crippen LogP contribution in [0.3, 0.4) is 0 Å². The molecular formula is C22H23N3O4. The number of carbonyl (C=O) groups is 1. The molecule has 0 saturated carbocycles. The number of anilines is 1. The monoisotopic (exact) mass is 393 g/mol. The lowest BCUT2D eigenvalue weighted by molar-refractivity contribution is -0.136. The van der Waals surface area contributed by atoms with Crippen LogP contribution in [-0.2, 0) is 9.53 Å². The summed E-state index contributed by atoms with van der Waals surface area (Å²) >= 11 is 0. The molecule has 0 saturated heterocycles. The molecule has 1 unspecified atom stereocenters. The Kier molecular flexibility index (Phi) is 5.74. The minimum atomic E-state index is -0.532. The zero-order valence-corrected chi connectivity index (χ0v) is 17.1. The van der Waals surface area contributed by atoms with Crippen molar-refractivity contribution in [2.24, 2.45) is 0 Å². The standard InChI is InChI=1S/C22H23N3O4/c1-6-29-21-19-18(15-8-7-14(10-23)9-16(15)27-4)17(22(26)28-5)13(3)25-20(19)12(2)11-24-21/h7-9,11,18,25H,6H2,1-5H3. The molecule has 1 N–H and O–H groups in total. The third-order valence-electron chi connectivity index (χ3n) is 4.92. The van der Waals surface area contributed by atoms with E-state index in [1.165, 1.54) is 14.2 Å². The lowest BCUT2D eigenvalue weighted by Crippen LogP contribution is -2.25. The van der Waals surface area contributed by atoms with E-state index in [0.29, 0.717) is 35.1 Å². The highest BCUT2D eigenvalue weighted by atomic mass is 16.5. The van der Waals surface area contributed by atoms with E-state index in [-0.39, 0.29) is 0 Å². The summed E-state index contributed by atoms with van der Waals surface area (Å²) in [5.41, 5.74) is 4.80. The highest BCUT2D eigenvalue weighted by Gasteiger charge is 2.38. The van der Waals surface area contributed by atoms with Crippen molar-refractivity contribution in [3.63, 3.8) is 0 Å². The van der Waals surface area contributed by atoms with Crippen molar-refractivity contribution in [1.82, 2.24) is 4.98 Å². The van der Waals surface area contributed by atoms with E-state index in [1.807, 2.05) is 20.8 Å². The summed E-state index contributed by atoms with van der Waals surface area (Å²) in [4.78, 5) is 17.2. The van der Waals surface area contributed by atoms with Gasteiger partial charge in [0, 0.05) is 17.5 Å². The molecule has 0 bridgehead atoms. The molecule has 3 rings (SSSR count). The molecule has 7 heteroatoms. The number of pyridine rings is 1. The van der Waals surface area contributed by atoms with Gasteiger partial charge < -0.3 is 19.5 Å². The number of esters is 1. The third kappa shape index (κ3) is 3.49. The van der Waals surface area contributed by atoms with Gasteiger partial charge >= 0.3 is 5.97 Å². The Hall–Kier alpha value is -3.53. The number of fused-ring (bicyclic) bond motifs is 1. The zero-order chi connectivity index (χ0) is 21.1. The Balaban J connectivity index is 2.37. The quantitative estimate of drug-likeness (QED) is 0.775. The average molecular weight is 393 g/mol. The maximum absolute atomic E-state index is 12.8. The summed E-state index contributed by atoms with van der Waals surface area (Å²) in [7, 11) is 2.89. The summed E-state index contributed by atoms with van der Waals surface area (Å²) in [6.45, 7) is 6.08. The number of aryl methyl sites for hydroxylation is 1. The Morgan fingerprint density at radius 1 is 1.31 bits per heavy atom. The lowest BCUT2D eigenvalue weighted by atomic mass is 9.79. The van der Waals surface area contributed by atoms with Crippen molar-refractivity contribution in [2.45, 2.75) is 26.7 Å². The molecule has 0 radical (unpaired) electrons. The zero-order valence-electron chi connectivity index (χ0n) is 17.1. The molecule has 1 aromatic carbocycles. The number of methoxy groups -OCH3 is 2. The summed E-state index contributed by atoms with van der Waals surface area (Å²) in [6.07, 6.45) is 1.74. The second-order valence-corrected chi connectivity index (χ2v) is 6.62. The molecule has 2 heterocycles. The summed E-state index contributed by atoms with van der Waals surface area (Å²) < 4.78 is 16.5. The number of ether oxygens (including phenoxy) is 3. The van der Waals surface area contributed by atoms with Crippen LogP contribution in [0.15, 0.2) is 35.7 Å². The molecule has 1 aliphatic rings. The molecule has 0 aliphatic carbocycles. The minimum Gasteiger partial charge on any atom is -0.496 e. The second kappa shape index (κ2) is 8.23. The smallest absolute Gasteiger partial charge is 0.336 e. The molecule has 7 nitrogen and oxygen atoms in total. The van der Waals surface area contributed by atoms with Gasteiger partial charge in [0.05, 0.1) is 55.2 Å². The molecule has 1 aliphatic heterocycles. The van der Waals surface area contributed by atoms with Crippen LogP contribution >= 0.6 is 0 Å². The summed E-state index contributed by atoms with van der Waals surface area (Å²) in [5.74, 6) is -0.0534. The van der Waals surface area contributed by atoms with Gasteiger partial charge in [0.15, 0.2) is 0 Å². The van der Waals surface area contributed by atoms with Crippen LogP contribution in [0.4, 0.5) is 5.69 Å². The number of nitrogens with one attached hydrogen (secondary N) is 1. The fourth-order valence-electron chi connectivity index (χ4n) is 3.62. The minimum absolute atomic E-state index is 0.427. The van der Waals surface area contributed by atoms with Gasteiger partial charge in [0.1, 0.15) is 5.75 Å². The Morgan fingerprint density at radius 3 is 2.69 bits per heavy atom. The molecule has 2 aromatic rings. The van der Waals surface area contributed by atoms with Crippen molar-refractivity contribution in [3.8, 4) is 17.7 Å². The van der Waals surface area contributed by atoms with Crippen LogP contribution in [-0.4, -0.2) is 31.8 Å². The average Bonchev–Trinajstić information content (AvgIpc) is 2.74. The molecule has 29 heavy (non-hydrogen) atoms. The maximum Gasteiger partial charge on any atom is 0.336 e. The van der Waals surface area contributed by atoms with Crippen LogP contribution < -0.4 is 14.8 Å². The maximum atomic E-state index is 12.8. The predicted octanol–water partition coefficient (Wildman–Crippen LogP) is 3.67. The van der Waals surface area contributed by atoms with Gasteiger partial charge in [-0.2, -0.15) is 5.26 Å². The lowest BCUT2D eigenvalue weighted by Gasteiger charge is -2.32. The van der Waals surface area contributed by atoms with Crippen molar-refractivity contribution in [1.29, 1.82) is 5.26 Å². The second-order valence-electron chi connectivity index (χ2n) is 6.62. The normalized spacial score (nSPS) is 15.1. The Bertz CT molecular complexity index is 1040. The van der Waals surface area contributed by atoms with Gasteiger partial charge in [-0.3, -0.25) is 0 Å². The number of nitriles is 1. The number of carbonyl (C=O) groups excluding carboxylic acids is 1. The summed E-state index contributed by atoms with van der Waals surface area (Å²) in [5, 5.41) is 12.6. The van der Waals surface area contributed by atoms with Gasteiger partial charge in [0.25, 0.3) is 0 Å². The topological polar surface area (TPSA) is 93.5 Å². The van der Waals surface area contributed by atoms with Gasteiger partial charge in [0.2, 0.25) is 5.88 Å². The van der Waals surface area contributed by atoms with Gasteiger partial charge in [-0.05, 0) is 38.5 Å². The number of hydrogen-bond acceptors (Lipinski definition) is 7. The molecule has 1 atom stereocenters. The van der Waals surface area contributed by atoms with Crippen molar-refractivity contribution in [2.75, 3.05) is 26.1 Å². The van der Waals surface area contributed by atoms with Crippen molar-refractivity contribution >= 4 is 11.7 Å². The SMILES string of the molecule is CCOc1ncc(C)c2c1C(c1ccc(C#N)cc1OC)C(C(=O)OC)=C(C)N2. The largest absolute Gasteiger partial charge is 0.496 e. The highest BCUT2D eigenvalue weighted by molar-refractivity contribution is 5.95. The first-order valence-corrected chi connectivity index (χ1v) is 9.23. The first-order chi connectivity index (χ1) is 14.0. The van der Waals surface area contributed by atoms with Gasteiger partial charge in [-0.1, -0.05) is 6.07 Å². The Morgan fingerprint density at radius 2 is 2.07 bits per heavy atom. The first kappa shape index (κ1) is 20.2. The fraction of sp³-hybridized carbons (Fsp3) is 0.318. The van der Waals surface area contributed by atoms with E-state index in [2.05, 4.69) is 16.4 Å². The number of nitrogens with zero attached hydrogens (tertiary/aromatic N) is 2. The van der Waals surface area contributed by atoms with E-state index >= 15 is 0 Å². The van der Waals surface area contributed by atoms with E-state index in [1.54, 1.807) is 24.4 Å². The number of aromatic nitrogens is 1. The molecule has 0 amide bonds. The third-order valence-corrected chi connectivity index (χ3v) is 4.92.